The molecule has 1 heterocycles. The van der Waals surface area contributed by atoms with E-state index in [1.807, 2.05) is 24.8 Å². The molecule has 7 nitrogen and oxygen atoms in total. The number of nitrogens with two attached hydrogens (primary N) is 1. The number of anilines is 1. The normalized spacial score (nSPS) is 15.1. The molecular weight excluding hydrogens is 421 g/mol. The molecule has 1 unspecified atom stereocenters. The number of nitrogens with zero attached hydrogens (tertiary/aromatic N) is 2. The van der Waals surface area contributed by atoms with E-state index in [1.54, 1.807) is 36.2 Å². The predicted octanol–water partition coefficient (Wildman–Crippen LogP) is 3.99. The average Bonchev–Trinajstić information content (AvgIpc) is 3.35. The van der Waals surface area contributed by atoms with Gasteiger partial charge in [-0.15, -0.1) is 0 Å². The molecule has 1 saturated heterocycles. The molecule has 176 valence electrons. The number of likely N-dealkylation sites (tertiary alicyclic amines) is 1. The first-order valence-electron chi connectivity index (χ1n) is 11.2. The maximum absolute atomic E-state index is 14.8. The van der Waals surface area contributed by atoms with E-state index in [0.717, 1.165) is 25.9 Å². The fourth-order valence-corrected chi connectivity index (χ4v) is 4.07. The zero-order valence-electron chi connectivity index (χ0n) is 19.4. The van der Waals surface area contributed by atoms with Gasteiger partial charge in [0.15, 0.2) is 11.6 Å². The molecule has 0 aliphatic carbocycles. The minimum atomic E-state index is -0.672. The second-order valence-corrected chi connectivity index (χ2v) is 8.51. The van der Waals surface area contributed by atoms with Crippen LogP contribution in [0.25, 0.3) is 0 Å². The zero-order chi connectivity index (χ0) is 24.1. The van der Waals surface area contributed by atoms with Crippen LogP contribution in [0, 0.1) is 22.6 Å². The minimum Gasteiger partial charge on any atom is -0.422 e. The largest absolute Gasteiger partial charge is 0.422 e. The highest BCUT2D eigenvalue weighted by atomic mass is 19.1. The van der Waals surface area contributed by atoms with Crippen molar-refractivity contribution in [3.8, 4) is 5.75 Å². The Balaban J connectivity index is 1.81. The van der Waals surface area contributed by atoms with Gasteiger partial charge in [0.05, 0.1) is 0 Å². The van der Waals surface area contributed by atoms with Crippen molar-refractivity contribution in [2.75, 3.05) is 25.0 Å². The van der Waals surface area contributed by atoms with Crippen molar-refractivity contribution in [3.63, 3.8) is 0 Å². The molecular formula is C25H32FN5O2. The fraction of sp³-hybridized carbons (Fsp3) is 0.400. The lowest BCUT2D eigenvalue weighted by Crippen LogP contribution is -2.45. The molecule has 33 heavy (non-hydrogen) atoms. The second-order valence-electron chi connectivity index (χ2n) is 8.51. The number of ether oxygens (including phenoxy) is 1. The molecule has 0 aromatic heterocycles. The van der Waals surface area contributed by atoms with Crippen molar-refractivity contribution < 1.29 is 13.9 Å². The minimum absolute atomic E-state index is 0.0606. The highest BCUT2D eigenvalue weighted by Crippen LogP contribution is 2.26. The lowest BCUT2D eigenvalue weighted by Gasteiger charge is -2.32. The van der Waals surface area contributed by atoms with Crippen molar-refractivity contribution in [1.29, 1.82) is 10.8 Å². The lowest BCUT2D eigenvalue weighted by atomic mass is 9.97. The number of carbonyl (C=O) groups is 1. The second kappa shape index (κ2) is 10.5. The van der Waals surface area contributed by atoms with Gasteiger partial charge in [-0.1, -0.05) is 32.4 Å². The van der Waals surface area contributed by atoms with Crippen LogP contribution in [0.15, 0.2) is 42.5 Å². The van der Waals surface area contributed by atoms with Gasteiger partial charge in [-0.25, -0.2) is 9.18 Å². The first-order valence-corrected chi connectivity index (χ1v) is 11.2. The van der Waals surface area contributed by atoms with Crippen molar-refractivity contribution in [2.24, 2.45) is 11.7 Å². The first kappa shape index (κ1) is 24.2. The third kappa shape index (κ3) is 5.50. The predicted molar refractivity (Wildman–Crippen MR) is 129 cm³/mol. The van der Waals surface area contributed by atoms with Gasteiger partial charge in [0.25, 0.3) is 0 Å². The maximum Gasteiger partial charge on any atom is 0.334 e. The summed E-state index contributed by atoms with van der Waals surface area (Å²) in [5, 5.41) is 16.0. The maximum atomic E-state index is 14.8. The molecule has 8 heteroatoms. The number of hydrogen-bond donors (Lipinski definition) is 3. The summed E-state index contributed by atoms with van der Waals surface area (Å²) in [7, 11) is 1.77. The molecule has 0 saturated carbocycles. The Morgan fingerprint density at radius 3 is 2.48 bits per heavy atom. The van der Waals surface area contributed by atoms with Crippen molar-refractivity contribution in [1.82, 2.24) is 4.90 Å². The Bertz CT molecular complexity index is 1040. The Labute approximate surface area is 194 Å². The van der Waals surface area contributed by atoms with Crippen LogP contribution >= 0.6 is 0 Å². The first-order chi connectivity index (χ1) is 15.7. The van der Waals surface area contributed by atoms with Crippen molar-refractivity contribution in [2.45, 2.75) is 39.2 Å². The molecule has 0 bridgehead atoms. The lowest BCUT2D eigenvalue weighted by molar-refractivity contribution is -0.137. The molecule has 0 amide bonds. The molecule has 4 N–H and O–H groups in total. The summed E-state index contributed by atoms with van der Waals surface area (Å²) in [6.45, 7) is 5.51. The summed E-state index contributed by atoms with van der Waals surface area (Å²) in [5.74, 6) is -1.25. The topological polar surface area (TPSA) is 107 Å². The Kier molecular flexibility index (Phi) is 7.68. The van der Waals surface area contributed by atoms with Gasteiger partial charge < -0.3 is 20.3 Å². The number of amidine groups is 2. The standard InChI is InChI=1S/C25H32FN5O2/c1-4-16(2)22(30(3)19-9-7-8-17(14-19)23(27)28)25(32)33-21-11-10-18(15-20(21)26)24(29)31-12-5-6-13-31/h7-11,14-16,22,29H,4-6,12-13H2,1-3H3,(H3,27,28)/t16?,22-/m0/s1. The van der Waals surface area contributed by atoms with E-state index in [9.17, 15) is 9.18 Å². The van der Waals surface area contributed by atoms with E-state index >= 15 is 0 Å². The summed E-state index contributed by atoms with van der Waals surface area (Å²) < 4.78 is 20.3. The Morgan fingerprint density at radius 2 is 1.88 bits per heavy atom. The molecule has 0 radical (unpaired) electrons. The highest BCUT2D eigenvalue weighted by molar-refractivity contribution is 5.97. The van der Waals surface area contributed by atoms with E-state index in [0.29, 0.717) is 23.2 Å². The van der Waals surface area contributed by atoms with Crippen LogP contribution in [0.3, 0.4) is 0 Å². The molecule has 1 aliphatic heterocycles. The molecule has 1 aliphatic rings. The molecule has 2 aromatic carbocycles. The van der Waals surface area contributed by atoms with Crippen LogP contribution in [0.2, 0.25) is 0 Å². The van der Waals surface area contributed by atoms with Gasteiger partial charge in [-0.3, -0.25) is 10.8 Å². The number of halogens is 1. The average molecular weight is 454 g/mol. The van der Waals surface area contributed by atoms with Gasteiger partial charge in [0, 0.05) is 37.0 Å². The van der Waals surface area contributed by atoms with Crippen LogP contribution < -0.4 is 15.4 Å². The van der Waals surface area contributed by atoms with Crippen LogP contribution in [0.1, 0.15) is 44.2 Å². The van der Waals surface area contributed by atoms with Crippen LogP contribution in [-0.2, 0) is 4.79 Å². The number of hydrogen-bond acceptors (Lipinski definition) is 5. The molecule has 2 atom stereocenters. The van der Waals surface area contributed by atoms with E-state index in [-0.39, 0.29) is 23.3 Å². The van der Waals surface area contributed by atoms with Crippen molar-refractivity contribution in [3.05, 3.63) is 59.4 Å². The number of likely N-dealkylation sites (N-methyl/N-ethyl adjacent to an activating group) is 1. The summed E-state index contributed by atoms with van der Waals surface area (Å²) >= 11 is 0. The highest BCUT2D eigenvalue weighted by Gasteiger charge is 2.31. The molecule has 3 rings (SSSR count). The van der Waals surface area contributed by atoms with Crippen LogP contribution in [0.4, 0.5) is 10.1 Å². The van der Waals surface area contributed by atoms with E-state index in [2.05, 4.69) is 0 Å². The Morgan fingerprint density at radius 1 is 1.18 bits per heavy atom. The smallest absolute Gasteiger partial charge is 0.334 e. The number of nitrogen functional groups attached to an aromatic ring is 1. The number of rotatable bonds is 8. The third-order valence-electron chi connectivity index (χ3n) is 6.24. The number of carbonyl (C=O) groups excluding carboxylic acids is 1. The van der Waals surface area contributed by atoms with Gasteiger partial charge in [-0.05, 0) is 49.1 Å². The summed E-state index contributed by atoms with van der Waals surface area (Å²) in [6, 6.07) is 10.7. The molecule has 2 aromatic rings. The van der Waals surface area contributed by atoms with Crippen LogP contribution in [0.5, 0.6) is 5.75 Å². The monoisotopic (exact) mass is 453 g/mol. The van der Waals surface area contributed by atoms with E-state index < -0.39 is 17.8 Å². The number of nitrogens with one attached hydrogen (secondary N) is 2. The number of esters is 1. The summed E-state index contributed by atoms with van der Waals surface area (Å²) in [6.07, 6.45) is 2.77. The third-order valence-corrected chi connectivity index (χ3v) is 6.24. The van der Waals surface area contributed by atoms with Gasteiger partial charge >= 0.3 is 5.97 Å². The van der Waals surface area contributed by atoms with Gasteiger partial charge in [0.2, 0.25) is 0 Å². The van der Waals surface area contributed by atoms with Gasteiger partial charge in [0.1, 0.15) is 17.7 Å². The SMILES string of the molecule is CCC(C)[C@@H](C(=O)Oc1ccc(C(=N)N2CCCC2)cc1F)N(C)c1cccc(C(=N)N)c1. The Hall–Kier alpha value is -3.42. The fourth-order valence-electron chi connectivity index (χ4n) is 4.07. The van der Waals surface area contributed by atoms with Crippen molar-refractivity contribution >= 4 is 23.3 Å². The van der Waals surface area contributed by atoms with E-state index in [1.165, 1.54) is 12.1 Å². The molecule has 0 spiro atoms. The van der Waals surface area contributed by atoms with Gasteiger partial charge in [-0.2, -0.15) is 0 Å². The van der Waals surface area contributed by atoms with Crippen LogP contribution in [-0.4, -0.2) is 48.7 Å². The summed E-state index contributed by atoms with van der Waals surface area (Å²) in [4.78, 5) is 16.9. The molecule has 1 fully saturated rings. The number of benzene rings is 2. The van der Waals surface area contributed by atoms with E-state index in [4.69, 9.17) is 21.3 Å². The quantitative estimate of drug-likeness (QED) is 0.243. The zero-order valence-corrected chi connectivity index (χ0v) is 19.4. The summed E-state index contributed by atoms with van der Waals surface area (Å²) in [5.41, 5.74) is 7.34.